The van der Waals surface area contributed by atoms with Gasteiger partial charge in [-0.15, -0.1) is 0 Å². The Bertz CT molecular complexity index is 823. The SMILES string of the molecule is CCCCCCCCC=CCCCCCCCC(=O)SC1CCN(C(C(=O)OC)c2ccccc2F)CC1. The predicted octanol–water partition coefficient (Wildman–Crippen LogP) is 8.80. The lowest BCUT2D eigenvalue weighted by molar-refractivity contribution is -0.147. The number of esters is 1. The number of halogens is 1. The van der Waals surface area contributed by atoms with E-state index in [2.05, 4.69) is 19.1 Å². The van der Waals surface area contributed by atoms with E-state index in [1.54, 1.807) is 18.2 Å². The van der Waals surface area contributed by atoms with Gasteiger partial charge in [0.25, 0.3) is 0 Å². The molecular formula is C32H50FNO3S. The molecule has 0 spiro atoms. The summed E-state index contributed by atoms with van der Waals surface area (Å²) in [5.74, 6) is -0.837. The number of rotatable bonds is 19. The fraction of sp³-hybridized carbons (Fsp3) is 0.688. The molecule has 1 fully saturated rings. The lowest BCUT2D eigenvalue weighted by atomic mass is 10.0. The third kappa shape index (κ3) is 12.9. The highest BCUT2D eigenvalue weighted by molar-refractivity contribution is 8.14. The Labute approximate surface area is 235 Å². The summed E-state index contributed by atoms with van der Waals surface area (Å²) >= 11 is 1.47. The molecule has 38 heavy (non-hydrogen) atoms. The first kappa shape index (κ1) is 32.6. The Kier molecular flexibility index (Phi) is 17.4. The molecule has 1 atom stereocenters. The van der Waals surface area contributed by atoms with Crippen LogP contribution in [-0.4, -0.2) is 41.4 Å². The monoisotopic (exact) mass is 547 g/mol. The molecule has 0 saturated carbocycles. The van der Waals surface area contributed by atoms with Crippen molar-refractivity contribution in [3.63, 3.8) is 0 Å². The number of thioether (sulfide) groups is 1. The van der Waals surface area contributed by atoms with Crippen molar-refractivity contribution < 1.29 is 18.7 Å². The van der Waals surface area contributed by atoms with Crippen LogP contribution >= 0.6 is 11.8 Å². The molecule has 2 rings (SSSR count). The summed E-state index contributed by atoms with van der Waals surface area (Å²) in [6.07, 6.45) is 23.3. The van der Waals surface area contributed by atoms with Crippen LogP contribution in [0.2, 0.25) is 0 Å². The molecule has 1 saturated heterocycles. The van der Waals surface area contributed by atoms with E-state index in [0.29, 0.717) is 25.1 Å². The van der Waals surface area contributed by atoms with Gasteiger partial charge in [-0.3, -0.25) is 9.69 Å². The number of ether oxygens (including phenoxy) is 1. The first-order valence-electron chi connectivity index (χ1n) is 15.0. The van der Waals surface area contributed by atoms with Crippen LogP contribution in [0.4, 0.5) is 4.39 Å². The molecule has 0 amide bonds. The van der Waals surface area contributed by atoms with Gasteiger partial charge in [-0.05, 0) is 51.0 Å². The van der Waals surface area contributed by atoms with Crippen molar-refractivity contribution in [2.45, 2.75) is 121 Å². The maximum atomic E-state index is 14.4. The lowest BCUT2D eigenvalue weighted by Crippen LogP contribution is -2.41. The van der Waals surface area contributed by atoms with Crippen molar-refractivity contribution in [1.82, 2.24) is 4.90 Å². The minimum absolute atomic E-state index is 0.265. The summed E-state index contributed by atoms with van der Waals surface area (Å²) in [4.78, 5) is 26.9. The molecule has 6 heteroatoms. The van der Waals surface area contributed by atoms with Gasteiger partial charge in [0.15, 0.2) is 5.12 Å². The topological polar surface area (TPSA) is 46.6 Å². The fourth-order valence-electron chi connectivity index (χ4n) is 5.12. The van der Waals surface area contributed by atoms with Gasteiger partial charge in [-0.1, -0.05) is 100 Å². The Morgan fingerprint density at radius 1 is 0.947 bits per heavy atom. The second-order valence-electron chi connectivity index (χ2n) is 10.5. The molecule has 1 unspecified atom stereocenters. The van der Waals surface area contributed by atoms with Gasteiger partial charge in [0.1, 0.15) is 11.9 Å². The predicted molar refractivity (Wildman–Crippen MR) is 158 cm³/mol. The molecule has 214 valence electrons. The van der Waals surface area contributed by atoms with Gasteiger partial charge in [-0.2, -0.15) is 0 Å². The summed E-state index contributed by atoms with van der Waals surface area (Å²) in [5.41, 5.74) is 0.353. The highest BCUT2D eigenvalue weighted by Gasteiger charge is 2.34. The summed E-state index contributed by atoms with van der Waals surface area (Å²) in [5, 5.41) is 0.542. The molecule has 0 N–H and O–H groups in total. The van der Waals surface area contributed by atoms with E-state index in [1.165, 1.54) is 95.6 Å². The Morgan fingerprint density at radius 3 is 2.13 bits per heavy atom. The van der Waals surface area contributed by atoms with E-state index in [4.69, 9.17) is 4.74 Å². The van der Waals surface area contributed by atoms with Crippen LogP contribution in [0.1, 0.15) is 121 Å². The van der Waals surface area contributed by atoms with Gasteiger partial charge < -0.3 is 4.74 Å². The minimum Gasteiger partial charge on any atom is -0.468 e. The minimum atomic E-state index is -0.737. The molecule has 0 radical (unpaired) electrons. The number of hydrogen-bond acceptors (Lipinski definition) is 5. The van der Waals surface area contributed by atoms with Gasteiger partial charge in [0.05, 0.1) is 7.11 Å². The lowest BCUT2D eigenvalue weighted by Gasteiger charge is -2.36. The van der Waals surface area contributed by atoms with Crippen LogP contribution in [0, 0.1) is 5.82 Å². The smallest absolute Gasteiger partial charge is 0.327 e. The maximum Gasteiger partial charge on any atom is 0.327 e. The summed E-state index contributed by atoms with van der Waals surface area (Å²) in [6, 6.07) is 5.65. The largest absolute Gasteiger partial charge is 0.468 e. The molecule has 1 heterocycles. The van der Waals surface area contributed by atoms with Gasteiger partial charge in [0, 0.05) is 30.3 Å². The summed E-state index contributed by atoms with van der Waals surface area (Å²) in [7, 11) is 1.34. The number of carbonyl (C=O) groups is 2. The summed E-state index contributed by atoms with van der Waals surface area (Å²) in [6.45, 7) is 3.55. The van der Waals surface area contributed by atoms with Crippen LogP contribution < -0.4 is 0 Å². The van der Waals surface area contributed by atoms with E-state index < -0.39 is 17.8 Å². The molecule has 0 bridgehead atoms. The number of allylic oxidation sites excluding steroid dienone is 2. The highest BCUT2D eigenvalue weighted by Crippen LogP contribution is 2.32. The average molecular weight is 548 g/mol. The van der Waals surface area contributed by atoms with Crippen LogP contribution in [0.15, 0.2) is 36.4 Å². The molecule has 4 nitrogen and oxygen atoms in total. The summed E-state index contributed by atoms with van der Waals surface area (Å²) < 4.78 is 19.4. The first-order chi connectivity index (χ1) is 18.6. The number of unbranched alkanes of at least 4 members (excludes halogenated alkanes) is 11. The van der Waals surface area contributed by atoms with Crippen molar-refractivity contribution in [2.24, 2.45) is 0 Å². The Hall–Kier alpha value is -1.66. The molecule has 0 aromatic heterocycles. The highest BCUT2D eigenvalue weighted by atomic mass is 32.2. The third-order valence-corrected chi connectivity index (χ3v) is 8.68. The standard InChI is InChI=1S/C32H50FNO3S/c1-3-4-5-6-7-8-9-10-11-12-13-14-15-16-17-22-30(35)38-27-23-25-34(26-24-27)31(32(36)37-2)28-20-18-19-21-29(28)33/h10-11,18-21,27,31H,3-9,12-17,22-26H2,1-2H3. The van der Waals surface area contributed by atoms with Crippen molar-refractivity contribution >= 4 is 22.8 Å². The molecule has 1 aliphatic rings. The first-order valence-corrected chi connectivity index (χ1v) is 15.9. The van der Waals surface area contributed by atoms with Gasteiger partial charge >= 0.3 is 5.97 Å². The van der Waals surface area contributed by atoms with Crippen molar-refractivity contribution in [3.05, 3.63) is 47.8 Å². The number of carbonyl (C=O) groups excluding carboxylic acids is 2. The normalized spacial score (nSPS) is 15.7. The van der Waals surface area contributed by atoms with E-state index in [0.717, 1.165) is 25.7 Å². The number of nitrogens with zero attached hydrogens (tertiary/aromatic N) is 1. The molecule has 1 aromatic carbocycles. The number of hydrogen-bond donors (Lipinski definition) is 0. The van der Waals surface area contributed by atoms with Gasteiger partial charge in [-0.25, -0.2) is 9.18 Å². The van der Waals surface area contributed by atoms with Crippen LogP contribution in [0.3, 0.4) is 0 Å². The zero-order valence-electron chi connectivity index (χ0n) is 23.8. The third-order valence-electron chi connectivity index (χ3n) is 7.41. The van der Waals surface area contributed by atoms with Crippen molar-refractivity contribution in [2.75, 3.05) is 20.2 Å². The second kappa shape index (κ2) is 20.3. The van der Waals surface area contributed by atoms with Crippen LogP contribution in [0.25, 0.3) is 0 Å². The van der Waals surface area contributed by atoms with E-state index in [-0.39, 0.29) is 10.4 Å². The Morgan fingerprint density at radius 2 is 1.53 bits per heavy atom. The number of piperidine rings is 1. The fourth-order valence-corrected chi connectivity index (χ4v) is 6.20. The van der Waals surface area contributed by atoms with E-state index in [9.17, 15) is 14.0 Å². The number of methoxy groups -OCH3 is 1. The number of benzene rings is 1. The molecular weight excluding hydrogens is 497 g/mol. The zero-order chi connectivity index (χ0) is 27.4. The molecule has 1 aliphatic heterocycles. The van der Waals surface area contributed by atoms with Crippen LogP contribution in [0.5, 0.6) is 0 Å². The quantitative estimate of drug-likeness (QED) is 0.0984. The zero-order valence-corrected chi connectivity index (χ0v) is 24.6. The van der Waals surface area contributed by atoms with Crippen molar-refractivity contribution in [3.8, 4) is 0 Å². The second-order valence-corrected chi connectivity index (χ2v) is 11.9. The Balaban J connectivity index is 1.52. The average Bonchev–Trinajstić information content (AvgIpc) is 2.92. The van der Waals surface area contributed by atoms with Crippen molar-refractivity contribution in [1.29, 1.82) is 0 Å². The molecule has 0 aliphatic carbocycles. The van der Waals surface area contributed by atoms with Gasteiger partial charge in [0.2, 0.25) is 0 Å². The molecule has 1 aromatic rings. The number of likely N-dealkylation sites (tertiary alicyclic amines) is 1. The van der Waals surface area contributed by atoms with Crippen LogP contribution in [-0.2, 0) is 14.3 Å². The maximum absolute atomic E-state index is 14.4. The van der Waals surface area contributed by atoms with E-state index in [1.807, 2.05) is 4.90 Å². The van der Waals surface area contributed by atoms with E-state index >= 15 is 0 Å².